The molecule has 0 bridgehead atoms. The average Bonchev–Trinajstić information content (AvgIpc) is 3.17. The van der Waals surface area contributed by atoms with Crippen LogP contribution in [0.15, 0.2) is 66.7 Å². The van der Waals surface area contributed by atoms with Gasteiger partial charge in [0.25, 0.3) is 0 Å². The van der Waals surface area contributed by atoms with Gasteiger partial charge in [0.15, 0.2) is 17.2 Å². The quantitative estimate of drug-likeness (QED) is 0.137. The van der Waals surface area contributed by atoms with Crippen molar-refractivity contribution in [1.82, 2.24) is 5.32 Å². The third-order valence-corrected chi connectivity index (χ3v) is 7.70. The van der Waals surface area contributed by atoms with Crippen molar-refractivity contribution in [2.45, 2.75) is 44.9 Å². The highest BCUT2D eigenvalue weighted by molar-refractivity contribution is 6.32. The number of ether oxygens (including phenoxy) is 1. The van der Waals surface area contributed by atoms with E-state index in [-0.39, 0.29) is 22.1 Å². The van der Waals surface area contributed by atoms with Crippen LogP contribution in [0.1, 0.15) is 50.7 Å². The Morgan fingerprint density at radius 2 is 1.83 bits per heavy atom. The molecular formula is C33H40ClN4O3+. The van der Waals surface area contributed by atoms with Crippen molar-refractivity contribution in [2.75, 3.05) is 32.1 Å². The predicted octanol–water partition coefficient (Wildman–Crippen LogP) is 6.52. The second-order valence-electron chi connectivity index (χ2n) is 10.7. The van der Waals surface area contributed by atoms with Gasteiger partial charge in [0.1, 0.15) is 6.54 Å². The first-order chi connectivity index (χ1) is 19.7. The highest BCUT2D eigenvalue weighted by Gasteiger charge is 2.44. The number of anilines is 2. The predicted molar refractivity (Wildman–Crippen MR) is 168 cm³/mol. The van der Waals surface area contributed by atoms with Gasteiger partial charge >= 0.3 is 0 Å². The number of rotatable bonds is 13. The number of hydrogen-bond donors (Lipinski definition) is 4. The second kappa shape index (κ2) is 13.7. The summed E-state index contributed by atoms with van der Waals surface area (Å²) in [4.78, 5) is 12.0. The Morgan fingerprint density at radius 3 is 2.56 bits per heavy atom. The summed E-state index contributed by atoms with van der Waals surface area (Å²) in [6.07, 6.45) is 7.37. The lowest BCUT2D eigenvalue weighted by Gasteiger charge is -2.17. The van der Waals surface area contributed by atoms with Gasteiger partial charge in [-0.2, -0.15) is 4.58 Å². The molecule has 216 valence electrons. The molecule has 0 aromatic heterocycles. The molecule has 5 N–H and O–H groups in total. The van der Waals surface area contributed by atoms with E-state index in [4.69, 9.17) is 22.1 Å². The van der Waals surface area contributed by atoms with Gasteiger partial charge < -0.3 is 26.2 Å². The number of phenolic OH excluding ortho intramolecular Hbond substituents is 1. The smallest absolute Gasteiger partial charge is 0.220 e. The number of nitrogens with zero attached hydrogens (tertiary/aromatic N) is 1. The minimum Gasteiger partial charge on any atom is -0.503 e. The van der Waals surface area contributed by atoms with E-state index >= 15 is 0 Å². The number of methoxy groups -OCH3 is 1. The Labute approximate surface area is 247 Å². The Morgan fingerprint density at radius 1 is 1.05 bits per heavy atom. The van der Waals surface area contributed by atoms with Crippen molar-refractivity contribution in [3.8, 4) is 11.5 Å². The van der Waals surface area contributed by atoms with Crippen LogP contribution in [-0.4, -0.2) is 48.0 Å². The van der Waals surface area contributed by atoms with Gasteiger partial charge in [0.05, 0.1) is 17.5 Å². The standard InChI is InChI=1S/C33H39ClN4O3/c1-33(2)26-22-25(37-24-10-6-4-7-11-24)14-15-28(26)38(19-9-5-8-12-31(39)36-18-17-35)30(33)16-13-23-20-27(34)32(40)29(21-23)41-3/h4,6-7,10-11,13-16,20-22,37H,5,8-9,12,17-19,35H2,1-3H3,(H,36,39)/p+1. The number of halogens is 1. The molecule has 0 aliphatic carbocycles. The van der Waals surface area contributed by atoms with Gasteiger partial charge in [-0.25, -0.2) is 0 Å². The van der Waals surface area contributed by atoms with Crippen molar-refractivity contribution >= 4 is 46.4 Å². The number of carbonyl (C=O) groups excluding carboxylic acids is 1. The van der Waals surface area contributed by atoms with Crippen molar-refractivity contribution in [3.63, 3.8) is 0 Å². The van der Waals surface area contributed by atoms with E-state index in [0.29, 0.717) is 25.3 Å². The number of hydrogen-bond acceptors (Lipinski definition) is 5. The van der Waals surface area contributed by atoms with E-state index in [0.717, 1.165) is 48.5 Å². The maximum absolute atomic E-state index is 12.0. The molecule has 0 fully saturated rings. The van der Waals surface area contributed by atoms with Crippen LogP contribution in [0.5, 0.6) is 11.5 Å². The van der Waals surface area contributed by atoms with Gasteiger partial charge in [0.2, 0.25) is 11.6 Å². The summed E-state index contributed by atoms with van der Waals surface area (Å²) in [7, 11) is 1.51. The third-order valence-electron chi connectivity index (χ3n) is 7.41. The fraction of sp³-hybridized carbons (Fsp3) is 0.333. The zero-order valence-corrected chi connectivity index (χ0v) is 24.8. The number of carbonyl (C=O) groups is 1. The molecule has 8 heteroatoms. The van der Waals surface area contributed by atoms with E-state index in [9.17, 15) is 9.90 Å². The molecule has 0 spiro atoms. The van der Waals surface area contributed by atoms with E-state index < -0.39 is 0 Å². The third kappa shape index (κ3) is 7.29. The SMILES string of the molecule is COc1cc(/C=C/C2=[N+](CCCCCC(=O)NCCN)c3ccc(Nc4ccccc4)cc3C2(C)C)cc(Cl)c1O. The molecule has 7 nitrogen and oxygen atoms in total. The second-order valence-corrected chi connectivity index (χ2v) is 11.1. The molecule has 0 radical (unpaired) electrons. The lowest BCUT2D eigenvalue weighted by Crippen LogP contribution is -2.28. The molecule has 41 heavy (non-hydrogen) atoms. The number of fused-ring (bicyclic) bond motifs is 1. The van der Waals surface area contributed by atoms with Crippen LogP contribution in [-0.2, 0) is 10.2 Å². The van der Waals surface area contributed by atoms with E-state index in [1.54, 1.807) is 12.1 Å². The topological polar surface area (TPSA) is 99.6 Å². The van der Waals surface area contributed by atoms with Crippen LogP contribution in [0.25, 0.3) is 6.08 Å². The van der Waals surface area contributed by atoms with Gasteiger partial charge in [-0.05, 0) is 74.7 Å². The number of para-hydroxylation sites is 1. The zero-order valence-electron chi connectivity index (χ0n) is 24.0. The van der Waals surface area contributed by atoms with Gasteiger partial charge in [-0.15, -0.1) is 0 Å². The molecule has 1 aliphatic rings. The fourth-order valence-electron chi connectivity index (χ4n) is 5.24. The summed E-state index contributed by atoms with van der Waals surface area (Å²) >= 11 is 6.26. The van der Waals surface area contributed by atoms with Gasteiger partial charge in [-0.1, -0.05) is 29.8 Å². The van der Waals surface area contributed by atoms with Gasteiger partial charge in [-0.3, -0.25) is 4.79 Å². The van der Waals surface area contributed by atoms with Crippen LogP contribution in [0.2, 0.25) is 5.02 Å². The number of nitrogens with two attached hydrogens (primary N) is 1. The van der Waals surface area contributed by atoms with Crippen molar-refractivity contribution < 1.29 is 19.2 Å². The van der Waals surface area contributed by atoms with Crippen LogP contribution in [0.4, 0.5) is 17.1 Å². The molecule has 3 aromatic rings. The fourth-order valence-corrected chi connectivity index (χ4v) is 5.45. The normalized spacial score (nSPS) is 13.9. The summed E-state index contributed by atoms with van der Waals surface area (Å²) in [5.74, 6) is 0.323. The number of nitrogens with one attached hydrogen (secondary N) is 2. The first kappa shape index (κ1) is 30.2. The maximum Gasteiger partial charge on any atom is 0.220 e. The Bertz CT molecular complexity index is 1430. The lowest BCUT2D eigenvalue weighted by molar-refractivity contribution is -0.438. The largest absolute Gasteiger partial charge is 0.503 e. The summed E-state index contributed by atoms with van der Waals surface area (Å²) < 4.78 is 7.68. The first-order valence-electron chi connectivity index (χ1n) is 14.1. The van der Waals surface area contributed by atoms with Gasteiger partial charge in [0, 0.05) is 55.0 Å². The molecule has 1 aliphatic heterocycles. The highest BCUT2D eigenvalue weighted by atomic mass is 35.5. The molecule has 0 atom stereocenters. The molecule has 0 unspecified atom stereocenters. The Hall–Kier alpha value is -3.81. The molecule has 4 rings (SSSR count). The summed E-state index contributed by atoms with van der Waals surface area (Å²) in [6.45, 7) is 6.27. The Balaban J connectivity index is 1.61. The molecular weight excluding hydrogens is 536 g/mol. The van der Waals surface area contributed by atoms with E-state index in [1.807, 2.05) is 24.3 Å². The minimum atomic E-state index is -0.271. The average molecular weight is 576 g/mol. The summed E-state index contributed by atoms with van der Waals surface area (Å²) in [5, 5.41) is 16.8. The molecule has 1 amide bonds. The zero-order chi connectivity index (χ0) is 29.4. The number of aromatic hydroxyl groups is 1. The van der Waals surface area contributed by atoms with Crippen molar-refractivity contribution in [2.24, 2.45) is 5.73 Å². The first-order valence-corrected chi connectivity index (χ1v) is 14.4. The number of phenols is 1. The summed E-state index contributed by atoms with van der Waals surface area (Å²) in [5.41, 5.74) is 11.7. The Kier molecular flexibility index (Phi) is 10.1. The van der Waals surface area contributed by atoms with Crippen LogP contribution >= 0.6 is 11.6 Å². The number of unbranched alkanes of at least 4 members (excludes halogenated alkanes) is 2. The molecule has 3 aromatic carbocycles. The molecule has 1 heterocycles. The number of amides is 1. The van der Waals surface area contributed by atoms with Crippen molar-refractivity contribution in [1.29, 1.82) is 0 Å². The minimum absolute atomic E-state index is 0.0553. The summed E-state index contributed by atoms with van der Waals surface area (Å²) in [6, 6.07) is 20.2. The van der Waals surface area contributed by atoms with E-state index in [1.165, 1.54) is 18.4 Å². The molecule has 0 saturated carbocycles. The monoisotopic (exact) mass is 575 g/mol. The molecule has 0 saturated heterocycles. The van der Waals surface area contributed by atoms with E-state index in [2.05, 4.69) is 65.5 Å². The maximum atomic E-state index is 12.0. The van der Waals surface area contributed by atoms with Crippen molar-refractivity contribution in [3.05, 3.63) is 82.9 Å². The highest BCUT2D eigenvalue weighted by Crippen LogP contribution is 2.42. The lowest BCUT2D eigenvalue weighted by atomic mass is 9.81. The van der Waals surface area contributed by atoms with Crippen LogP contribution < -0.4 is 21.1 Å². The van der Waals surface area contributed by atoms with Crippen LogP contribution in [0.3, 0.4) is 0 Å². The number of allylic oxidation sites excluding steroid dienone is 1. The van der Waals surface area contributed by atoms with Crippen LogP contribution in [0, 0.1) is 0 Å². The number of benzene rings is 3.